The molecule has 1 saturated heterocycles. The van der Waals surface area contributed by atoms with Crippen LogP contribution in [0.1, 0.15) is 27.2 Å². The topological polar surface area (TPSA) is 24.5 Å². The molecule has 0 aromatic heterocycles. The number of nitrogens with zero attached hydrogens (tertiary/aromatic N) is 1. The molecule has 0 radical (unpaired) electrons. The molecule has 1 N–H and O–H groups in total. The normalized spacial score (nSPS) is 27.6. The summed E-state index contributed by atoms with van der Waals surface area (Å²) in [4.78, 5) is 2.41. The number of rotatable bonds is 6. The van der Waals surface area contributed by atoms with E-state index in [1.807, 2.05) is 0 Å². The molecular formula is C13H28N2O. The second-order valence-electron chi connectivity index (χ2n) is 5.56. The highest BCUT2D eigenvalue weighted by Crippen LogP contribution is 2.14. The molecule has 2 atom stereocenters. The van der Waals surface area contributed by atoms with Gasteiger partial charge in [0, 0.05) is 25.7 Å². The van der Waals surface area contributed by atoms with Crippen molar-refractivity contribution >= 4 is 0 Å². The van der Waals surface area contributed by atoms with Crippen molar-refractivity contribution in [3.63, 3.8) is 0 Å². The first-order chi connectivity index (χ1) is 7.59. The second-order valence-corrected chi connectivity index (χ2v) is 5.56. The zero-order chi connectivity index (χ0) is 12.0. The van der Waals surface area contributed by atoms with E-state index in [4.69, 9.17) is 4.74 Å². The van der Waals surface area contributed by atoms with Crippen LogP contribution in [-0.2, 0) is 4.74 Å². The van der Waals surface area contributed by atoms with E-state index in [-0.39, 0.29) is 0 Å². The lowest BCUT2D eigenvalue weighted by Crippen LogP contribution is -2.47. The summed E-state index contributed by atoms with van der Waals surface area (Å²) in [5.74, 6) is 1.39. The fraction of sp³-hybridized carbons (Fsp3) is 1.00. The summed E-state index contributed by atoms with van der Waals surface area (Å²) >= 11 is 0. The van der Waals surface area contributed by atoms with Crippen LogP contribution in [0.4, 0.5) is 0 Å². The van der Waals surface area contributed by atoms with Gasteiger partial charge in [0.15, 0.2) is 0 Å². The molecule has 0 bridgehead atoms. The maximum Gasteiger partial charge on any atom is 0.0591 e. The lowest BCUT2D eigenvalue weighted by atomic mass is 9.94. The average molecular weight is 228 g/mol. The molecule has 96 valence electrons. The maximum absolute atomic E-state index is 5.57. The Kier molecular flexibility index (Phi) is 6.32. The Morgan fingerprint density at radius 2 is 2.19 bits per heavy atom. The van der Waals surface area contributed by atoms with Crippen molar-refractivity contribution < 1.29 is 4.74 Å². The average Bonchev–Trinajstić information content (AvgIpc) is 2.20. The van der Waals surface area contributed by atoms with Crippen molar-refractivity contribution in [1.82, 2.24) is 10.2 Å². The van der Waals surface area contributed by atoms with E-state index >= 15 is 0 Å². The Hall–Kier alpha value is -0.120. The molecule has 1 rings (SSSR count). The summed E-state index contributed by atoms with van der Waals surface area (Å²) in [6.45, 7) is 11.9. The highest BCUT2D eigenvalue weighted by atomic mass is 16.5. The summed E-state index contributed by atoms with van der Waals surface area (Å²) in [5, 5.41) is 3.61. The number of hydrogen-bond acceptors (Lipinski definition) is 3. The van der Waals surface area contributed by atoms with Crippen LogP contribution in [0, 0.1) is 11.8 Å². The summed E-state index contributed by atoms with van der Waals surface area (Å²) in [6.07, 6.45) is 1.27. The lowest BCUT2D eigenvalue weighted by molar-refractivity contribution is 0.102. The monoisotopic (exact) mass is 228 g/mol. The minimum Gasteiger partial charge on any atom is -0.380 e. The van der Waals surface area contributed by atoms with Crippen LogP contribution in [-0.4, -0.2) is 50.8 Å². The molecule has 3 nitrogen and oxygen atoms in total. The highest BCUT2D eigenvalue weighted by Gasteiger charge is 2.23. The van der Waals surface area contributed by atoms with Crippen molar-refractivity contribution in [2.75, 3.05) is 39.9 Å². The summed E-state index contributed by atoms with van der Waals surface area (Å²) in [5.41, 5.74) is 0. The van der Waals surface area contributed by atoms with E-state index in [0.29, 0.717) is 12.0 Å². The van der Waals surface area contributed by atoms with Gasteiger partial charge in [0.25, 0.3) is 0 Å². The van der Waals surface area contributed by atoms with Crippen molar-refractivity contribution in [3.05, 3.63) is 0 Å². The summed E-state index contributed by atoms with van der Waals surface area (Å²) in [7, 11) is 2.21. The van der Waals surface area contributed by atoms with Gasteiger partial charge in [-0.25, -0.2) is 0 Å². The zero-order valence-corrected chi connectivity index (χ0v) is 11.3. The van der Waals surface area contributed by atoms with Crippen molar-refractivity contribution in [2.45, 2.75) is 33.2 Å². The number of hydrogen-bond donors (Lipinski definition) is 1. The fourth-order valence-electron chi connectivity index (χ4n) is 2.29. The third kappa shape index (κ3) is 5.28. The number of likely N-dealkylation sites (tertiary alicyclic amines) is 1. The Labute approximate surface area is 101 Å². The molecule has 0 aromatic rings. The zero-order valence-electron chi connectivity index (χ0n) is 11.3. The van der Waals surface area contributed by atoms with Crippen LogP contribution in [0.2, 0.25) is 0 Å². The first-order valence-electron chi connectivity index (χ1n) is 6.59. The molecule has 0 aromatic carbocycles. The number of ether oxygens (including phenoxy) is 1. The van der Waals surface area contributed by atoms with Gasteiger partial charge in [-0.2, -0.15) is 0 Å². The molecule has 0 amide bonds. The third-order valence-corrected chi connectivity index (χ3v) is 3.21. The SMILES string of the molecule is CC(C)COCCNC1CCN(C)CC1C. The van der Waals surface area contributed by atoms with Gasteiger partial charge < -0.3 is 15.0 Å². The molecular weight excluding hydrogens is 200 g/mol. The molecule has 0 spiro atoms. The van der Waals surface area contributed by atoms with Gasteiger partial charge in [-0.05, 0) is 31.8 Å². The number of piperidine rings is 1. The van der Waals surface area contributed by atoms with Crippen molar-refractivity contribution in [1.29, 1.82) is 0 Å². The third-order valence-electron chi connectivity index (χ3n) is 3.21. The Balaban J connectivity index is 2.04. The van der Waals surface area contributed by atoms with Gasteiger partial charge in [0.05, 0.1) is 6.61 Å². The Morgan fingerprint density at radius 3 is 2.81 bits per heavy atom. The standard InChI is InChI=1S/C13H28N2O/c1-11(2)10-16-8-6-14-13-5-7-15(4)9-12(13)3/h11-14H,5-10H2,1-4H3. The minimum atomic E-state index is 0.641. The largest absolute Gasteiger partial charge is 0.380 e. The van der Waals surface area contributed by atoms with E-state index in [2.05, 4.69) is 38.0 Å². The minimum absolute atomic E-state index is 0.641. The van der Waals surface area contributed by atoms with Crippen LogP contribution in [0.3, 0.4) is 0 Å². The molecule has 16 heavy (non-hydrogen) atoms. The van der Waals surface area contributed by atoms with Crippen LogP contribution in [0.5, 0.6) is 0 Å². The second kappa shape index (κ2) is 7.25. The molecule has 2 unspecified atom stereocenters. The van der Waals surface area contributed by atoms with Gasteiger partial charge in [-0.3, -0.25) is 0 Å². The Morgan fingerprint density at radius 1 is 1.44 bits per heavy atom. The van der Waals surface area contributed by atoms with E-state index < -0.39 is 0 Å². The molecule has 1 aliphatic rings. The summed E-state index contributed by atoms with van der Waals surface area (Å²) in [6, 6.07) is 0.679. The Bertz CT molecular complexity index is 185. The van der Waals surface area contributed by atoms with E-state index in [1.54, 1.807) is 0 Å². The smallest absolute Gasteiger partial charge is 0.0591 e. The predicted molar refractivity (Wildman–Crippen MR) is 68.7 cm³/mol. The van der Waals surface area contributed by atoms with Gasteiger partial charge in [-0.1, -0.05) is 20.8 Å². The number of nitrogens with one attached hydrogen (secondary N) is 1. The quantitative estimate of drug-likeness (QED) is 0.699. The van der Waals surface area contributed by atoms with Gasteiger partial charge >= 0.3 is 0 Å². The van der Waals surface area contributed by atoms with Crippen LogP contribution in [0.25, 0.3) is 0 Å². The van der Waals surface area contributed by atoms with Gasteiger partial charge in [-0.15, -0.1) is 0 Å². The van der Waals surface area contributed by atoms with Crippen LogP contribution in [0.15, 0.2) is 0 Å². The first kappa shape index (κ1) is 13.9. The van der Waals surface area contributed by atoms with Gasteiger partial charge in [0.1, 0.15) is 0 Å². The molecule has 0 aliphatic carbocycles. The predicted octanol–water partition coefficient (Wildman–Crippen LogP) is 1.59. The maximum atomic E-state index is 5.57. The first-order valence-corrected chi connectivity index (χ1v) is 6.59. The molecule has 1 heterocycles. The van der Waals surface area contributed by atoms with Crippen molar-refractivity contribution in [3.8, 4) is 0 Å². The lowest BCUT2D eigenvalue weighted by Gasteiger charge is -2.35. The molecule has 0 saturated carbocycles. The highest BCUT2D eigenvalue weighted by molar-refractivity contribution is 4.81. The van der Waals surface area contributed by atoms with Crippen LogP contribution >= 0.6 is 0 Å². The molecule has 1 fully saturated rings. The van der Waals surface area contributed by atoms with E-state index in [1.165, 1.54) is 19.5 Å². The molecule has 1 aliphatic heterocycles. The van der Waals surface area contributed by atoms with E-state index in [9.17, 15) is 0 Å². The molecule has 3 heteroatoms. The van der Waals surface area contributed by atoms with Gasteiger partial charge in [0.2, 0.25) is 0 Å². The fourth-order valence-corrected chi connectivity index (χ4v) is 2.29. The van der Waals surface area contributed by atoms with Crippen molar-refractivity contribution in [2.24, 2.45) is 11.8 Å². The summed E-state index contributed by atoms with van der Waals surface area (Å²) < 4.78 is 5.57. The van der Waals surface area contributed by atoms with E-state index in [0.717, 1.165) is 25.7 Å². The van der Waals surface area contributed by atoms with Crippen LogP contribution < -0.4 is 5.32 Å².